The summed E-state index contributed by atoms with van der Waals surface area (Å²) < 4.78 is 0.878. The van der Waals surface area contributed by atoms with Gasteiger partial charge in [0.1, 0.15) is 5.75 Å². The fraction of sp³-hybridized carbons (Fsp3) is 0.300. The van der Waals surface area contributed by atoms with Crippen LogP contribution in [-0.4, -0.2) is 11.2 Å². The van der Waals surface area contributed by atoms with E-state index in [4.69, 9.17) is 0 Å². The Morgan fingerprint density at radius 3 is 2.71 bits per heavy atom. The lowest BCUT2D eigenvalue weighted by Crippen LogP contribution is -1.89. The number of hydrogen-bond acceptors (Lipinski definition) is 3. The first kappa shape index (κ1) is 11.0. The van der Waals surface area contributed by atoms with Gasteiger partial charge in [-0.1, -0.05) is 22.9 Å². The molecule has 0 aliphatic heterocycles. The van der Waals surface area contributed by atoms with Crippen molar-refractivity contribution >= 4 is 22.0 Å². The third kappa shape index (κ3) is 2.44. The first-order valence-corrected chi connectivity index (χ1v) is 5.02. The number of phenols is 1. The van der Waals surface area contributed by atoms with E-state index in [1.807, 2.05) is 13.0 Å². The molecule has 0 aliphatic carbocycles. The number of isocyanates is 1. The third-order valence-electron chi connectivity index (χ3n) is 1.93. The highest BCUT2D eigenvalue weighted by molar-refractivity contribution is 9.10. The predicted molar refractivity (Wildman–Crippen MR) is 57.0 cm³/mol. The molecule has 0 bridgehead atoms. The van der Waals surface area contributed by atoms with Crippen LogP contribution in [0.3, 0.4) is 0 Å². The van der Waals surface area contributed by atoms with Crippen molar-refractivity contribution in [2.45, 2.75) is 19.9 Å². The van der Waals surface area contributed by atoms with Crippen LogP contribution in [0.5, 0.6) is 5.75 Å². The second kappa shape index (κ2) is 4.94. The Labute approximate surface area is 90.6 Å². The molecule has 1 aromatic rings. The van der Waals surface area contributed by atoms with E-state index in [1.165, 1.54) is 6.08 Å². The summed E-state index contributed by atoms with van der Waals surface area (Å²) in [6.07, 6.45) is 2.19. The lowest BCUT2D eigenvalue weighted by atomic mass is 10.1. The quantitative estimate of drug-likeness (QED) is 0.667. The molecule has 1 aromatic carbocycles. The first-order valence-electron chi connectivity index (χ1n) is 4.23. The second-order valence-electron chi connectivity index (χ2n) is 2.83. The van der Waals surface area contributed by atoms with Gasteiger partial charge in [0, 0.05) is 10.0 Å². The smallest absolute Gasteiger partial charge is 0.235 e. The summed E-state index contributed by atoms with van der Waals surface area (Å²) in [5.41, 5.74) is 1.48. The van der Waals surface area contributed by atoms with Gasteiger partial charge in [-0.15, -0.1) is 0 Å². The number of rotatable bonds is 3. The molecule has 0 aromatic heterocycles. The van der Waals surface area contributed by atoms with Gasteiger partial charge in [-0.3, -0.25) is 0 Å². The molecule has 74 valence electrons. The van der Waals surface area contributed by atoms with Crippen LogP contribution < -0.4 is 0 Å². The first-order chi connectivity index (χ1) is 6.69. The number of aromatic hydroxyl groups is 1. The normalized spacial score (nSPS) is 9.57. The van der Waals surface area contributed by atoms with Gasteiger partial charge < -0.3 is 5.11 Å². The van der Waals surface area contributed by atoms with Crippen molar-refractivity contribution in [2.24, 2.45) is 4.99 Å². The monoisotopic (exact) mass is 255 g/mol. The van der Waals surface area contributed by atoms with Crippen LogP contribution in [-0.2, 0) is 17.8 Å². The zero-order chi connectivity index (χ0) is 10.6. The van der Waals surface area contributed by atoms with Gasteiger partial charge in [0.15, 0.2) is 0 Å². The van der Waals surface area contributed by atoms with Crippen molar-refractivity contribution in [1.29, 1.82) is 0 Å². The van der Waals surface area contributed by atoms with Crippen LogP contribution in [0.15, 0.2) is 21.6 Å². The van der Waals surface area contributed by atoms with E-state index < -0.39 is 0 Å². The minimum Gasteiger partial charge on any atom is -0.507 e. The molecule has 0 saturated carbocycles. The molecular formula is C10H10BrNO2. The van der Waals surface area contributed by atoms with Gasteiger partial charge in [0.05, 0.1) is 6.54 Å². The van der Waals surface area contributed by atoms with E-state index in [9.17, 15) is 9.90 Å². The molecule has 1 rings (SSSR count). The fourth-order valence-electron chi connectivity index (χ4n) is 1.22. The Balaban J connectivity index is 3.14. The van der Waals surface area contributed by atoms with Crippen molar-refractivity contribution in [2.75, 3.05) is 0 Å². The minimum atomic E-state index is 0.168. The average molecular weight is 256 g/mol. The Kier molecular flexibility index (Phi) is 3.86. The van der Waals surface area contributed by atoms with E-state index in [0.717, 1.165) is 16.5 Å². The molecule has 0 radical (unpaired) electrons. The van der Waals surface area contributed by atoms with Gasteiger partial charge in [0.25, 0.3) is 0 Å². The van der Waals surface area contributed by atoms with E-state index >= 15 is 0 Å². The molecule has 14 heavy (non-hydrogen) atoms. The number of carbonyl (C=O) groups excluding carboxylic acids is 1. The summed E-state index contributed by atoms with van der Waals surface area (Å²) in [5.74, 6) is 0.217. The largest absolute Gasteiger partial charge is 0.507 e. The third-order valence-corrected chi connectivity index (χ3v) is 2.39. The van der Waals surface area contributed by atoms with Crippen molar-refractivity contribution in [1.82, 2.24) is 0 Å². The van der Waals surface area contributed by atoms with Gasteiger partial charge in [-0.25, -0.2) is 9.79 Å². The lowest BCUT2D eigenvalue weighted by molar-refractivity contribution is 0.461. The van der Waals surface area contributed by atoms with E-state index in [1.54, 1.807) is 6.07 Å². The molecule has 1 N–H and O–H groups in total. The summed E-state index contributed by atoms with van der Waals surface area (Å²) in [5, 5.41) is 9.73. The molecule has 3 nitrogen and oxygen atoms in total. The topological polar surface area (TPSA) is 49.7 Å². The fourth-order valence-corrected chi connectivity index (χ4v) is 1.78. The number of benzene rings is 1. The zero-order valence-corrected chi connectivity index (χ0v) is 9.34. The van der Waals surface area contributed by atoms with Crippen LogP contribution in [0.4, 0.5) is 0 Å². The van der Waals surface area contributed by atoms with E-state index in [0.29, 0.717) is 5.56 Å². The summed E-state index contributed by atoms with van der Waals surface area (Å²) in [6.45, 7) is 2.12. The van der Waals surface area contributed by atoms with Gasteiger partial charge >= 0.3 is 0 Å². The van der Waals surface area contributed by atoms with Crippen molar-refractivity contribution in [3.63, 3.8) is 0 Å². The summed E-state index contributed by atoms with van der Waals surface area (Å²) >= 11 is 3.33. The molecule has 4 heteroatoms. The van der Waals surface area contributed by atoms with E-state index in [2.05, 4.69) is 20.9 Å². The van der Waals surface area contributed by atoms with Crippen LogP contribution in [0.2, 0.25) is 0 Å². The molecule has 0 fully saturated rings. The highest BCUT2D eigenvalue weighted by Gasteiger charge is 2.07. The number of aryl methyl sites for hydroxylation is 1. The maximum Gasteiger partial charge on any atom is 0.235 e. The van der Waals surface area contributed by atoms with Crippen LogP contribution in [0.1, 0.15) is 18.1 Å². The molecular weight excluding hydrogens is 246 g/mol. The minimum absolute atomic E-state index is 0.168. The van der Waals surface area contributed by atoms with Gasteiger partial charge in [-0.2, -0.15) is 0 Å². The van der Waals surface area contributed by atoms with Crippen molar-refractivity contribution < 1.29 is 9.90 Å². The Bertz CT molecular complexity index is 384. The van der Waals surface area contributed by atoms with Crippen molar-refractivity contribution in [3.05, 3.63) is 27.7 Å². The Morgan fingerprint density at radius 2 is 2.14 bits per heavy atom. The molecule has 0 saturated heterocycles. The zero-order valence-electron chi connectivity index (χ0n) is 7.75. The molecule has 0 heterocycles. The van der Waals surface area contributed by atoms with Gasteiger partial charge in [0.2, 0.25) is 6.08 Å². The second-order valence-corrected chi connectivity index (χ2v) is 3.75. The highest BCUT2D eigenvalue weighted by Crippen LogP contribution is 2.28. The predicted octanol–water partition coefficient (Wildman–Crippen LogP) is 2.55. The number of aliphatic imine (C=N–C) groups is 1. The number of halogens is 1. The number of hydrogen-bond donors (Lipinski definition) is 1. The standard InChI is InChI=1S/C10H10BrNO2/c1-2-7-3-9(11)4-8(10(7)14)5-12-6-13/h3-4,14H,2,5H2,1H3. The van der Waals surface area contributed by atoms with Crippen LogP contribution in [0, 0.1) is 0 Å². The van der Waals surface area contributed by atoms with Gasteiger partial charge in [-0.05, 0) is 24.1 Å². The van der Waals surface area contributed by atoms with Crippen LogP contribution in [0.25, 0.3) is 0 Å². The molecule has 0 unspecified atom stereocenters. The molecule has 0 spiro atoms. The number of nitrogens with zero attached hydrogens (tertiary/aromatic N) is 1. The molecule has 0 atom stereocenters. The van der Waals surface area contributed by atoms with Crippen molar-refractivity contribution in [3.8, 4) is 5.75 Å². The molecule has 0 amide bonds. The SMILES string of the molecule is CCc1cc(Br)cc(CN=C=O)c1O. The maximum atomic E-state index is 9.94. The average Bonchev–Trinajstić information content (AvgIpc) is 2.18. The highest BCUT2D eigenvalue weighted by atomic mass is 79.9. The summed E-state index contributed by atoms with van der Waals surface area (Å²) in [7, 11) is 0. The van der Waals surface area contributed by atoms with E-state index in [-0.39, 0.29) is 12.3 Å². The lowest BCUT2D eigenvalue weighted by Gasteiger charge is -2.07. The Morgan fingerprint density at radius 1 is 1.50 bits per heavy atom. The maximum absolute atomic E-state index is 9.94. The number of phenolic OH excluding ortho intramolecular Hbond substituents is 1. The summed E-state index contributed by atoms with van der Waals surface area (Å²) in [6, 6.07) is 3.60. The summed E-state index contributed by atoms with van der Waals surface area (Å²) in [4.78, 5) is 13.4. The Hall–Kier alpha value is -1.12. The van der Waals surface area contributed by atoms with Crippen LogP contribution >= 0.6 is 15.9 Å². The molecule has 0 aliphatic rings.